The molecule has 0 aliphatic carbocycles. The van der Waals surface area contributed by atoms with Crippen molar-refractivity contribution in [2.75, 3.05) is 31.8 Å². The number of hydrogen-bond acceptors (Lipinski definition) is 7. The van der Waals surface area contributed by atoms with Gasteiger partial charge < -0.3 is 14.8 Å². The first-order chi connectivity index (χ1) is 15.9. The van der Waals surface area contributed by atoms with Crippen LogP contribution in [0.4, 0.5) is 10.5 Å². The number of nitrogens with zero attached hydrogens (tertiary/aromatic N) is 1. The Balaban J connectivity index is 1.74. The van der Waals surface area contributed by atoms with E-state index in [2.05, 4.69) is 27.9 Å². The zero-order valence-corrected chi connectivity index (χ0v) is 22.1. The van der Waals surface area contributed by atoms with Crippen LogP contribution in [0.2, 0.25) is 0 Å². The van der Waals surface area contributed by atoms with Crippen molar-refractivity contribution < 1.29 is 23.9 Å². The highest BCUT2D eigenvalue weighted by Gasteiger charge is 2.36. The molecule has 3 amide bonds. The lowest BCUT2D eigenvalue weighted by molar-refractivity contribution is -0.127. The molecule has 0 aromatic heterocycles. The summed E-state index contributed by atoms with van der Waals surface area (Å²) < 4.78 is 12.0. The van der Waals surface area contributed by atoms with Gasteiger partial charge in [-0.25, -0.2) is 0 Å². The van der Waals surface area contributed by atoms with E-state index in [9.17, 15) is 14.4 Å². The van der Waals surface area contributed by atoms with E-state index in [0.29, 0.717) is 29.4 Å². The molecule has 0 spiro atoms. The Labute approximate surface area is 214 Å². The minimum atomic E-state index is -0.502. The van der Waals surface area contributed by atoms with Gasteiger partial charge >= 0.3 is 0 Å². The zero-order chi connectivity index (χ0) is 24.0. The molecule has 0 atom stereocenters. The van der Waals surface area contributed by atoms with Gasteiger partial charge in [0.15, 0.2) is 11.5 Å². The van der Waals surface area contributed by atoms with Crippen molar-refractivity contribution in [2.45, 2.75) is 18.2 Å². The summed E-state index contributed by atoms with van der Waals surface area (Å²) in [5, 5.41) is 2.25. The molecule has 1 N–H and O–H groups in total. The van der Waals surface area contributed by atoms with Gasteiger partial charge in [-0.05, 0) is 89.0 Å². The Morgan fingerprint density at radius 2 is 2.06 bits per heavy atom. The number of ether oxygens (including phenoxy) is 2. The second kappa shape index (κ2) is 11.8. The third-order valence-electron chi connectivity index (χ3n) is 4.53. The molecule has 2 aromatic carbocycles. The summed E-state index contributed by atoms with van der Waals surface area (Å²) in [4.78, 5) is 39.9. The molecule has 174 valence electrons. The lowest BCUT2D eigenvalue weighted by atomic mass is 10.2. The Bertz CT molecular complexity index is 1110. The first-order valence-corrected chi connectivity index (χ1v) is 13.2. The normalized spacial score (nSPS) is 14.7. The molecule has 3 rings (SSSR count). The van der Waals surface area contributed by atoms with E-state index >= 15 is 0 Å². The summed E-state index contributed by atoms with van der Waals surface area (Å²) in [6.07, 6.45) is 4.43. The van der Waals surface area contributed by atoms with Crippen LogP contribution in [0.1, 0.15) is 18.9 Å². The lowest BCUT2D eigenvalue weighted by Crippen LogP contribution is -2.36. The quantitative estimate of drug-likeness (QED) is 0.232. The molecule has 0 bridgehead atoms. The molecule has 7 nitrogen and oxygen atoms in total. The van der Waals surface area contributed by atoms with E-state index in [1.54, 1.807) is 37.1 Å². The Morgan fingerprint density at radius 1 is 1.27 bits per heavy atom. The second-order valence-electron chi connectivity index (χ2n) is 6.93. The minimum Gasteiger partial charge on any atom is -0.493 e. The molecule has 0 radical (unpaired) electrons. The van der Waals surface area contributed by atoms with Crippen molar-refractivity contribution in [1.29, 1.82) is 0 Å². The smallest absolute Gasteiger partial charge is 0.294 e. The Kier molecular flexibility index (Phi) is 9.10. The monoisotopic (exact) mass is 598 g/mol. The first kappa shape index (κ1) is 25.4. The molecule has 0 saturated carbocycles. The molecule has 2 aromatic rings. The summed E-state index contributed by atoms with van der Waals surface area (Å²) in [7, 11) is 1.55. The van der Waals surface area contributed by atoms with E-state index in [0.717, 1.165) is 31.5 Å². The SMILES string of the molecule is CCCOc1c(I)cc(/C=C2\SC(=O)N(CC(=O)Nc3cccc(SC)c3)C2=O)cc1OC. The summed E-state index contributed by atoms with van der Waals surface area (Å²) >= 11 is 4.51. The van der Waals surface area contributed by atoms with Gasteiger partial charge in [0.25, 0.3) is 11.1 Å². The van der Waals surface area contributed by atoms with Crippen molar-refractivity contribution in [3.05, 3.63) is 50.4 Å². The van der Waals surface area contributed by atoms with E-state index in [1.165, 1.54) is 0 Å². The zero-order valence-electron chi connectivity index (χ0n) is 18.3. The molecule has 10 heteroatoms. The fraction of sp³-hybridized carbons (Fsp3) is 0.261. The van der Waals surface area contributed by atoms with Crippen LogP contribution < -0.4 is 14.8 Å². The number of imide groups is 1. The van der Waals surface area contributed by atoms with Gasteiger partial charge in [0.05, 0.1) is 22.2 Å². The molecule has 0 unspecified atom stereocenters. The fourth-order valence-corrected chi connectivity index (χ4v) is 5.08. The van der Waals surface area contributed by atoms with Gasteiger partial charge in [-0.3, -0.25) is 19.3 Å². The molecule has 33 heavy (non-hydrogen) atoms. The highest BCUT2D eigenvalue weighted by Crippen LogP contribution is 2.37. The van der Waals surface area contributed by atoms with Crippen LogP contribution in [0.5, 0.6) is 11.5 Å². The largest absolute Gasteiger partial charge is 0.493 e. The van der Waals surface area contributed by atoms with Gasteiger partial charge in [-0.1, -0.05) is 13.0 Å². The van der Waals surface area contributed by atoms with Crippen molar-refractivity contribution in [3.63, 3.8) is 0 Å². The summed E-state index contributed by atoms with van der Waals surface area (Å²) in [6.45, 7) is 2.23. The third-order valence-corrected chi connectivity index (χ3v) is 6.96. The van der Waals surface area contributed by atoms with E-state index in [1.807, 2.05) is 37.4 Å². The standard InChI is InChI=1S/C23H23IN2O5S2/c1-4-8-31-21-17(24)9-14(10-18(21)30-2)11-19-22(28)26(23(29)33-19)13-20(27)25-15-6-5-7-16(12-15)32-3/h5-7,9-12H,4,8,13H2,1-3H3,(H,25,27)/b19-11-. The Hall–Kier alpha value is -2.18. The molecule has 1 saturated heterocycles. The van der Waals surface area contributed by atoms with Crippen LogP contribution in [0.3, 0.4) is 0 Å². The van der Waals surface area contributed by atoms with Gasteiger partial charge in [0.2, 0.25) is 5.91 Å². The maximum absolute atomic E-state index is 12.8. The van der Waals surface area contributed by atoms with Crippen LogP contribution in [0.15, 0.2) is 46.2 Å². The molecular formula is C23H23IN2O5S2. The van der Waals surface area contributed by atoms with Crippen molar-refractivity contribution in [2.24, 2.45) is 0 Å². The van der Waals surface area contributed by atoms with Gasteiger partial charge in [-0.15, -0.1) is 11.8 Å². The van der Waals surface area contributed by atoms with Crippen LogP contribution in [0, 0.1) is 3.57 Å². The predicted octanol–water partition coefficient (Wildman–Crippen LogP) is 5.49. The summed E-state index contributed by atoms with van der Waals surface area (Å²) in [5.41, 5.74) is 1.31. The number of methoxy groups -OCH3 is 1. The fourth-order valence-electron chi connectivity index (χ4n) is 3.00. The number of carbonyl (C=O) groups excluding carboxylic acids is 3. The molecule has 1 aliphatic rings. The molecule has 1 heterocycles. The number of hydrogen-bond donors (Lipinski definition) is 1. The van der Waals surface area contributed by atoms with Gasteiger partial charge in [-0.2, -0.15) is 0 Å². The average Bonchev–Trinajstić information content (AvgIpc) is 3.05. The number of thioether (sulfide) groups is 2. The van der Waals surface area contributed by atoms with Gasteiger partial charge in [0.1, 0.15) is 6.54 Å². The highest BCUT2D eigenvalue weighted by atomic mass is 127. The molecule has 1 aliphatic heterocycles. The van der Waals surface area contributed by atoms with E-state index in [4.69, 9.17) is 9.47 Å². The highest BCUT2D eigenvalue weighted by molar-refractivity contribution is 14.1. The molecule has 1 fully saturated rings. The van der Waals surface area contributed by atoms with Crippen LogP contribution in [-0.2, 0) is 9.59 Å². The number of nitrogens with one attached hydrogen (secondary N) is 1. The lowest BCUT2D eigenvalue weighted by Gasteiger charge is -2.13. The minimum absolute atomic E-state index is 0.247. The van der Waals surface area contributed by atoms with E-state index in [-0.39, 0.29) is 11.4 Å². The van der Waals surface area contributed by atoms with Crippen LogP contribution >= 0.6 is 46.1 Å². The van der Waals surface area contributed by atoms with Crippen molar-refractivity contribution in [3.8, 4) is 11.5 Å². The maximum atomic E-state index is 12.8. The van der Waals surface area contributed by atoms with Crippen molar-refractivity contribution >= 4 is 74.9 Å². The topological polar surface area (TPSA) is 84.9 Å². The second-order valence-corrected chi connectivity index (χ2v) is 9.97. The number of halogens is 1. The predicted molar refractivity (Wildman–Crippen MR) is 141 cm³/mol. The maximum Gasteiger partial charge on any atom is 0.294 e. The summed E-state index contributed by atoms with van der Waals surface area (Å²) in [5.74, 6) is 0.254. The average molecular weight is 598 g/mol. The first-order valence-electron chi connectivity index (χ1n) is 10.1. The van der Waals surface area contributed by atoms with Crippen LogP contribution in [-0.4, -0.2) is 48.5 Å². The number of anilines is 1. The third kappa shape index (κ3) is 6.45. The number of rotatable bonds is 9. The van der Waals surface area contributed by atoms with Gasteiger partial charge in [0, 0.05) is 10.6 Å². The number of amides is 3. The van der Waals surface area contributed by atoms with Crippen LogP contribution in [0.25, 0.3) is 6.08 Å². The number of benzene rings is 2. The summed E-state index contributed by atoms with van der Waals surface area (Å²) in [6, 6.07) is 11.0. The van der Waals surface area contributed by atoms with E-state index < -0.39 is 17.1 Å². The van der Waals surface area contributed by atoms with Crippen molar-refractivity contribution in [1.82, 2.24) is 4.90 Å². The number of carbonyl (C=O) groups is 3. The Morgan fingerprint density at radius 3 is 2.76 bits per heavy atom. The molecular weight excluding hydrogens is 575 g/mol.